The molecule has 0 aliphatic carbocycles. The molecule has 1 aliphatic heterocycles. The Bertz CT molecular complexity index is 1010. The molecule has 3 rings (SSSR count). The monoisotopic (exact) mass is 463 g/mol. The zero-order chi connectivity index (χ0) is 23.9. The van der Waals surface area contributed by atoms with Gasteiger partial charge in [-0.25, -0.2) is 10.1 Å². The van der Waals surface area contributed by atoms with Crippen LogP contribution in [0.2, 0.25) is 5.02 Å². The van der Waals surface area contributed by atoms with Crippen molar-refractivity contribution in [2.45, 2.75) is 65.3 Å². The Labute approximate surface area is 192 Å². The molecule has 0 saturated carbocycles. The molecule has 1 aliphatic rings. The van der Waals surface area contributed by atoms with Gasteiger partial charge in [0.2, 0.25) is 0 Å². The van der Waals surface area contributed by atoms with Crippen LogP contribution in [0.3, 0.4) is 0 Å². The highest BCUT2D eigenvalue weighted by Gasteiger charge is 2.51. The average molecular weight is 464 g/mol. The number of hydrogen-bond donors (Lipinski definition) is 2. The van der Waals surface area contributed by atoms with Crippen molar-refractivity contribution in [2.75, 3.05) is 10.6 Å². The minimum absolute atomic E-state index is 0.0480. The first kappa shape index (κ1) is 24.1. The summed E-state index contributed by atoms with van der Waals surface area (Å²) in [6.45, 7) is 13.0. The van der Waals surface area contributed by atoms with Crippen LogP contribution in [0.25, 0.3) is 0 Å². The molecule has 1 aromatic heterocycles. The molecular weight excluding hydrogens is 437 g/mol. The number of benzene rings is 1. The second kappa shape index (κ2) is 8.42. The van der Waals surface area contributed by atoms with Crippen molar-refractivity contribution in [3.8, 4) is 0 Å². The molecule has 0 radical (unpaired) electrons. The first-order chi connectivity index (χ1) is 14.7. The molecule has 0 spiro atoms. The summed E-state index contributed by atoms with van der Waals surface area (Å²) in [7, 11) is -0.607. The third-order valence-corrected chi connectivity index (χ3v) is 5.44. The summed E-state index contributed by atoms with van der Waals surface area (Å²) in [6.07, 6.45) is 0.373. The number of aromatic nitrogens is 1. The van der Waals surface area contributed by atoms with Crippen molar-refractivity contribution >= 4 is 47.9 Å². The SMILES string of the molecule is CC(C)(C)OC(=O)Nc1nc(C(=O)Nc2cc(B3OC(C)(C)C(C)(C)O3)ccc2Cl)co1. The van der Waals surface area contributed by atoms with Gasteiger partial charge in [0.15, 0.2) is 5.69 Å². The number of halogens is 1. The average Bonchev–Trinajstić information content (AvgIpc) is 3.17. The maximum atomic E-state index is 12.6. The van der Waals surface area contributed by atoms with Crippen LogP contribution in [0.4, 0.5) is 16.5 Å². The van der Waals surface area contributed by atoms with E-state index in [1.54, 1.807) is 39.0 Å². The maximum absolute atomic E-state index is 12.6. The van der Waals surface area contributed by atoms with Gasteiger partial charge in [0.1, 0.15) is 11.9 Å². The molecule has 2 aromatic rings. The summed E-state index contributed by atoms with van der Waals surface area (Å²) < 4.78 is 22.4. The fourth-order valence-electron chi connectivity index (χ4n) is 2.78. The standard InChI is InChI=1S/C21H27BClN3O6/c1-19(2,3)30-18(28)26-17-25-15(11-29-17)16(27)24-14-10-12(8-9-13(14)23)22-31-20(4,5)21(6,7)32-22/h8-11H,1-7H3,(H,24,27)(H,25,26,28). The van der Waals surface area contributed by atoms with Gasteiger partial charge >= 0.3 is 19.2 Å². The Balaban J connectivity index is 1.70. The largest absolute Gasteiger partial charge is 0.494 e. The number of oxazole rings is 1. The number of carbonyl (C=O) groups is 2. The summed E-state index contributed by atoms with van der Waals surface area (Å²) in [5, 5.41) is 5.35. The number of hydrogen-bond acceptors (Lipinski definition) is 7. The Morgan fingerprint density at radius 1 is 1.09 bits per heavy atom. The first-order valence-corrected chi connectivity index (χ1v) is 10.5. The first-order valence-electron chi connectivity index (χ1n) is 10.1. The van der Waals surface area contributed by atoms with E-state index in [0.717, 1.165) is 6.26 Å². The van der Waals surface area contributed by atoms with E-state index in [0.29, 0.717) is 16.2 Å². The van der Waals surface area contributed by atoms with Crippen molar-refractivity contribution in [1.29, 1.82) is 0 Å². The van der Waals surface area contributed by atoms with Crippen LogP contribution in [-0.4, -0.2) is 40.9 Å². The number of nitrogens with zero attached hydrogens (tertiary/aromatic N) is 1. The van der Waals surface area contributed by atoms with E-state index in [-0.39, 0.29) is 11.7 Å². The quantitative estimate of drug-likeness (QED) is 0.653. The number of rotatable bonds is 4. The van der Waals surface area contributed by atoms with Crippen molar-refractivity contribution in [1.82, 2.24) is 4.98 Å². The van der Waals surface area contributed by atoms with Crippen LogP contribution in [-0.2, 0) is 14.0 Å². The van der Waals surface area contributed by atoms with Gasteiger partial charge in [-0.05, 0) is 66.1 Å². The molecule has 0 unspecified atom stereocenters. The topological polar surface area (TPSA) is 112 Å². The number of ether oxygens (including phenoxy) is 1. The lowest BCUT2D eigenvalue weighted by molar-refractivity contribution is 0.00578. The smallest absolute Gasteiger partial charge is 0.443 e. The minimum Gasteiger partial charge on any atom is -0.443 e. The second-order valence-electron chi connectivity index (χ2n) is 9.45. The highest BCUT2D eigenvalue weighted by atomic mass is 35.5. The lowest BCUT2D eigenvalue weighted by Gasteiger charge is -2.32. The molecule has 2 amide bonds. The van der Waals surface area contributed by atoms with Gasteiger partial charge in [-0.1, -0.05) is 17.7 Å². The summed E-state index contributed by atoms with van der Waals surface area (Å²) in [5.74, 6) is -0.570. The van der Waals surface area contributed by atoms with E-state index in [1.807, 2.05) is 27.7 Å². The fraction of sp³-hybridized carbons (Fsp3) is 0.476. The molecule has 1 aromatic carbocycles. The zero-order valence-corrected chi connectivity index (χ0v) is 19.9. The lowest BCUT2D eigenvalue weighted by atomic mass is 9.79. The number of amides is 2. The molecule has 0 atom stereocenters. The van der Waals surface area contributed by atoms with E-state index >= 15 is 0 Å². The predicted molar refractivity (Wildman–Crippen MR) is 121 cm³/mol. The Kier molecular flexibility index (Phi) is 6.34. The third-order valence-electron chi connectivity index (χ3n) is 5.11. The van der Waals surface area contributed by atoms with Crippen LogP contribution in [0.15, 0.2) is 28.9 Å². The highest BCUT2D eigenvalue weighted by molar-refractivity contribution is 6.62. The zero-order valence-electron chi connectivity index (χ0n) is 19.2. The van der Waals surface area contributed by atoms with E-state index < -0.39 is 35.9 Å². The van der Waals surface area contributed by atoms with Crippen LogP contribution in [0.5, 0.6) is 0 Å². The molecule has 11 heteroatoms. The molecular formula is C21H27BClN3O6. The van der Waals surface area contributed by atoms with Crippen molar-refractivity contribution in [3.63, 3.8) is 0 Å². The Morgan fingerprint density at radius 3 is 2.31 bits per heavy atom. The van der Waals surface area contributed by atoms with Gasteiger partial charge in [0.25, 0.3) is 5.91 Å². The molecule has 32 heavy (non-hydrogen) atoms. The normalized spacial score (nSPS) is 17.2. The lowest BCUT2D eigenvalue weighted by Crippen LogP contribution is -2.41. The van der Waals surface area contributed by atoms with Gasteiger partial charge in [-0.2, -0.15) is 4.98 Å². The maximum Gasteiger partial charge on any atom is 0.494 e. The van der Waals surface area contributed by atoms with E-state index in [4.69, 9.17) is 30.1 Å². The van der Waals surface area contributed by atoms with Crippen LogP contribution >= 0.6 is 11.6 Å². The highest BCUT2D eigenvalue weighted by Crippen LogP contribution is 2.37. The van der Waals surface area contributed by atoms with Crippen molar-refractivity contribution in [2.24, 2.45) is 0 Å². The summed E-state index contributed by atoms with van der Waals surface area (Å²) >= 11 is 6.27. The Hall–Kier alpha value is -2.56. The molecule has 2 N–H and O–H groups in total. The van der Waals surface area contributed by atoms with E-state index in [1.165, 1.54) is 0 Å². The Morgan fingerprint density at radius 2 is 1.72 bits per heavy atom. The van der Waals surface area contributed by atoms with Gasteiger partial charge in [0.05, 0.1) is 21.9 Å². The van der Waals surface area contributed by atoms with Crippen molar-refractivity contribution in [3.05, 3.63) is 35.2 Å². The third kappa shape index (κ3) is 5.43. The summed E-state index contributed by atoms with van der Waals surface area (Å²) in [6, 6.07) is 4.94. The van der Waals surface area contributed by atoms with Crippen molar-refractivity contribution < 1.29 is 28.1 Å². The molecule has 9 nitrogen and oxygen atoms in total. The fourth-order valence-corrected chi connectivity index (χ4v) is 2.94. The van der Waals surface area contributed by atoms with Gasteiger partial charge in [0, 0.05) is 0 Å². The number of nitrogens with one attached hydrogen (secondary N) is 2. The molecule has 1 saturated heterocycles. The predicted octanol–water partition coefficient (Wildman–Crippen LogP) is 4.23. The van der Waals surface area contributed by atoms with Gasteiger partial charge < -0.3 is 23.8 Å². The summed E-state index contributed by atoms with van der Waals surface area (Å²) in [4.78, 5) is 28.4. The van der Waals surface area contributed by atoms with Crippen LogP contribution in [0, 0.1) is 0 Å². The van der Waals surface area contributed by atoms with Gasteiger partial charge in [-0.3, -0.25) is 4.79 Å². The van der Waals surface area contributed by atoms with Gasteiger partial charge in [-0.15, -0.1) is 0 Å². The number of anilines is 2. The van der Waals surface area contributed by atoms with Crippen LogP contribution in [0.1, 0.15) is 59.0 Å². The van der Waals surface area contributed by atoms with E-state index in [9.17, 15) is 9.59 Å². The molecule has 172 valence electrons. The molecule has 1 fully saturated rings. The second-order valence-corrected chi connectivity index (χ2v) is 9.85. The summed E-state index contributed by atoms with van der Waals surface area (Å²) in [5.41, 5.74) is -0.675. The van der Waals surface area contributed by atoms with E-state index in [2.05, 4.69) is 15.6 Å². The minimum atomic E-state index is -0.746. The van der Waals surface area contributed by atoms with Crippen LogP contribution < -0.4 is 16.1 Å². The molecule has 2 heterocycles. The number of carbonyl (C=O) groups excluding carboxylic acids is 2. The molecule has 0 bridgehead atoms.